The van der Waals surface area contributed by atoms with E-state index in [1.807, 2.05) is 65.3 Å². The Labute approximate surface area is 219 Å². The molecule has 2 N–H and O–H groups in total. The molecule has 2 atom stereocenters. The third kappa shape index (κ3) is 5.51. The fourth-order valence-electron chi connectivity index (χ4n) is 5.90. The summed E-state index contributed by atoms with van der Waals surface area (Å²) in [6.45, 7) is 10.7. The van der Waals surface area contributed by atoms with E-state index in [0.717, 1.165) is 75.9 Å². The molecule has 8 heteroatoms. The van der Waals surface area contributed by atoms with E-state index in [1.54, 1.807) is 0 Å². The zero-order valence-electron chi connectivity index (χ0n) is 22.1. The smallest absolute Gasteiger partial charge is 0.254 e. The lowest BCUT2D eigenvalue weighted by Gasteiger charge is -2.44. The van der Waals surface area contributed by atoms with Crippen LogP contribution in [0, 0.1) is 0 Å². The van der Waals surface area contributed by atoms with Crippen LogP contribution in [0.3, 0.4) is 0 Å². The fraction of sp³-hybridized carbons (Fsp3) is 0.517. The van der Waals surface area contributed by atoms with Gasteiger partial charge >= 0.3 is 0 Å². The molecule has 8 nitrogen and oxygen atoms in total. The lowest BCUT2D eigenvalue weighted by atomic mass is 9.78. The monoisotopic (exact) mass is 508 g/mol. The lowest BCUT2D eigenvalue weighted by molar-refractivity contribution is -0.907. The van der Waals surface area contributed by atoms with Crippen molar-refractivity contribution in [3.63, 3.8) is 0 Å². The lowest BCUT2D eigenvalue weighted by Crippen LogP contribution is -3.14. The van der Waals surface area contributed by atoms with E-state index in [9.17, 15) is 9.59 Å². The minimum Gasteiger partial charge on any atom is -0.494 e. The first kappa shape index (κ1) is 25.7. The van der Waals surface area contributed by atoms with E-state index in [4.69, 9.17) is 9.47 Å². The van der Waals surface area contributed by atoms with Gasteiger partial charge in [-0.15, -0.1) is 0 Å². The van der Waals surface area contributed by atoms with Gasteiger partial charge < -0.3 is 29.1 Å². The van der Waals surface area contributed by atoms with E-state index in [-0.39, 0.29) is 17.9 Å². The normalized spacial score (nSPS) is 23.1. The van der Waals surface area contributed by atoms with Crippen LogP contribution in [0.4, 0.5) is 0 Å². The molecular formula is C29H40N4O4+2. The fourth-order valence-corrected chi connectivity index (χ4v) is 5.90. The maximum Gasteiger partial charge on any atom is 0.254 e. The maximum atomic E-state index is 14.3. The van der Waals surface area contributed by atoms with Gasteiger partial charge in [-0.2, -0.15) is 0 Å². The van der Waals surface area contributed by atoms with Gasteiger partial charge in [0.05, 0.1) is 78.1 Å². The summed E-state index contributed by atoms with van der Waals surface area (Å²) in [5, 5.41) is 0. The summed E-state index contributed by atoms with van der Waals surface area (Å²) in [7, 11) is 2.18. The van der Waals surface area contributed by atoms with Gasteiger partial charge in [-0.1, -0.05) is 30.3 Å². The van der Waals surface area contributed by atoms with Gasteiger partial charge in [-0.3, -0.25) is 9.59 Å². The summed E-state index contributed by atoms with van der Waals surface area (Å²) >= 11 is 0. The molecule has 37 heavy (non-hydrogen) atoms. The number of benzene rings is 2. The van der Waals surface area contributed by atoms with Crippen molar-refractivity contribution in [2.45, 2.75) is 18.9 Å². The molecule has 0 aromatic heterocycles. The molecule has 198 valence electrons. The van der Waals surface area contributed by atoms with Crippen molar-refractivity contribution in [3.05, 3.63) is 65.2 Å². The van der Waals surface area contributed by atoms with Gasteiger partial charge in [-0.25, -0.2) is 0 Å². The standard InChI is InChI=1S/C29H38N4O4/c1-3-37-23-10-8-22(9-11-23)27-26(29(35)32-15-12-30(2)13-16-32)24-6-4-5-7-25(24)28(34)33(27)17-14-31-18-20-36-21-19-31/h4-11,26-27H,3,12-21H2,1-2H3/p+2. The van der Waals surface area contributed by atoms with Crippen molar-refractivity contribution in [1.29, 1.82) is 0 Å². The number of morpholine rings is 1. The molecule has 2 unspecified atom stereocenters. The molecule has 0 bridgehead atoms. The third-order valence-electron chi connectivity index (χ3n) is 8.07. The second-order valence-corrected chi connectivity index (χ2v) is 10.4. The molecular weight excluding hydrogens is 468 g/mol. The Morgan fingerprint density at radius 1 is 1.03 bits per heavy atom. The highest BCUT2D eigenvalue weighted by atomic mass is 16.5. The molecule has 2 aromatic rings. The minimum absolute atomic E-state index is 0.00835. The van der Waals surface area contributed by atoms with Crippen LogP contribution in [-0.2, 0) is 9.53 Å². The number of quaternary nitrogens is 2. The van der Waals surface area contributed by atoms with E-state index >= 15 is 0 Å². The van der Waals surface area contributed by atoms with Crippen LogP contribution in [0.2, 0.25) is 0 Å². The Morgan fingerprint density at radius 3 is 2.43 bits per heavy atom. The zero-order valence-corrected chi connectivity index (χ0v) is 22.1. The predicted molar refractivity (Wildman–Crippen MR) is 140 cm³/mol. The summed E-state index contributed by atoms with van der Waals surface area (Å²) in [6.07, 6.45) is 0. The van der Waals surface area contributed by atoms with Crippen molar-refractivity contribution < 1.29 is 28.9 Å². The Balaban J connectivity index is 1.53. The number of carbonyl (C=O) groups is 2. The van der Waals surface area contributed by atoms with Gasteiger partial charge in [0, 0.05) is 5.56 Å². The van der Waals surface area contributed by atoms with Gasteiger partial charge in [0.25, 0.3) is 5.91 Å². The van der Waals surface area contributed by atoms with Crippen LogP contribution in [-0.4, -0.2) is 101 Å². The van der Waals surface area contributed by atoms with Gasteiger partial charge in [0.1, 0.15) is 18.8 Å². The molecule has 5 rings (SSSR count). The number of carbonyl (C=O) groups excluding carboxylic acids is 2. The third-order valence-corrected chi connectivity index (χ3v) is 8.07. The van der Waals surface area contributed by atoms with Crippen molar-refractivity contribution in [1.82, 2.24) is 9.80 Å². The number of nitrogens with zero attached hydrogens (tertiary/aromatic N) is 2. The average Bonchev–Trinajstić information content (AvgIpc) is 2.94. The number of hydrogen-bond donors (Lipinski definition) is 2. The average molecular weight is 509 g/mol. The zero-order chi connectivity index (χ0) is 25.8. The molecule has 2 saturated heterocycles. The Kier molecular flexibility index (Phi) is 8.08. The molecule has 2 amide bonds. The summed E-state index contributed by atoms with van der Waals surface area (Å²) < 4.78 is 11.2. The number of ether oxygens (including phenoxy) is 2. The van der Waals surface area contributed by atoms with Gasteiger partial charge in [0.2, 0.25) is 5.91 Å². The van der Waals surface area contributed by atoms with Crippen molar-refractivity contribution in [3.8, 4) is 5.75 Å². The summed E-state index contributed by atoms with van der Waals surface area (Å²) in [5.74, 6) is 0.483. The van der Waals surface area contributed by atoms with Crippen LogP contribution in [0.25, 0.3) is 0 Å². The number of hydrogen-bond acceptors (Lipinski definition) is 4. The van der Waals surface area contributed by atoms with E-state index < -0.39 is 5.92 Å². The van der Waals surface area contributed by atoms with Crippen molar-refractivity contribution >= 4 is 11.8 Å². The number of fused-ring (bicyclic) bond motifs is 1. The van der Waals surface area contributed by atoms with E-state index in [0.29, 0.717) is 18.7 Å². The highest BCUT2D eigenvalue weighted by Gasteiger charge is 2.46. The number of rotatable bonds is 7. The van der Waals surface area contributed by atoms with Crippen molar-refractivity contribution in [2.75, 3.05) is 79.2 Å². The van der Waals surface area contributed by atoms with Crippen LogP contribution in [0.15, 0.2) is 48.5 Å². The first-order valence-corrected chi connectivity index (χ1v) is 13.7. The molecule has 3 aliphatic heterocycles. The molecule has 2 fully saturated rings. The quantitative estimate of drug-likeness (QED) is 0.536. The van der Waals surface area contributed by atoms with Gasteiger partial charge in [-0.05, 0) is 36.2 Å². The summed E-state index contributed by atoms with van der Waals surface area (Å²) in [5.41, 5.74) is 2.47. The van der Waals surface area contributed by atoms with Gasteiger partial charge in [0.15, 0.2) is 0 Å². The first-order valence-electron chi connectivity index (χ1n) is 13.7. The Bertz CT molecular complexity index is 1080. The SMILES string of the molecule is CCOc1ccc(C2C(C(=O)N3CC[NH+](C)CC3)c3ccccc3C(=O)N2CC[NH+]2CCOCC2)cc1. The second kappa shape index (κ2) is 11.6. The molecule has 0 radical (unpaired) electrons. The Hall–Kier alpha value is -2.94. The number of piperazine rings is 1. The first-order chi connectivity index (χ1) is 18.1. The number of likely N-dealkylation sites (N-methyl/N-ethyl adjacent to an activating group) is 1. The molecule has 3 aliphatic rings. The van der Waals surface area contributed by atoms with Crippen LogP contribution >= 0.6 is 0 Å². The predicted octanol–water partition coefficient (Wildman–Crippen LogP) is -0.362. The van der Waals surface area contributed by atoms with Crippen LogP contribution in [0.1, 0.15) is 40.4 Å². The van der Waals surface area contributed by atoms with E-state index in [2.05, 4.69) is 7.05 Å². The number of nitrogens with one attached hydrogen (secondary N) is 2. The molecule has 0 spiro atoms. The number of amides is 2. The molecule has 2 aromatic carbocycles. The summed E-state index contributed by atoms with van der Waals surface area (Å²) in [6, 6.07) is 15.3. The molecule has 0 saturated carbocycles. The van der Waals surface area contributed by atoms with Crippen LogP contribution < -0.4 is 14.5 Å². The topological polar surface area (TPSA) is 68.0 Å². The van der Waals surface area contributed by atoms with E-state index in [1.165, 1.54) is 9.80 Å². The van der Waals surface area contributed by atoms with Crippen molar-refractivity contribution in [2.24, 2.45) is 0 Å². The molecule has 0 aliphatic carbocycles. The largest absolute Gasteiger partial charge is 0.494 e. The Morgan fingerprint density at radius 2 is 1.73 bits per heavy atom. The second-order valence-electron chi connectivity index (χ2n) is 10.4. The maximum absolute atomic E-state index is 14.3. The molecule has 3 heterocycles. The highest BCUT2D eigenvalue weighted by Crippen LogP contribution is 2.43. The van der Waals surface area contributed by atoms with Crippen LogP contribution in [0.5, 0.6) is 5.75 Å². The summed E-state index contributed by atoms with van der Waals surface area (Å²) in [4.78, 5) is 35.1. The highest BCUT2D eigenvalue weighted by molar-refractivity contribution is 6.01. The minimum atomic E-state index is -0.440.